The van der Waals surface area contributed by atoms with Crippen molar-refractivity contribution in [3.8, 4) is 0 Å². The molecule has 3 heterocycles. The number of nitrogens with zero attached hydrogens (tertiary/aromatic N) is 2. The molecular formula is C13H18BrClN4. The van der Waals surface area contributed by atoms with E-state index in [9.17, 15) is 0 Å². The monoisotopic (exact) mass is 344 g/mol. The lowest BCUT2D eigenvalue weighted by molar-refractivity contribution is -0.00378. The Morgan fingerprint density at radius 2 is 2.05 bits per heavy atom. The number of hydrazine groups is 1. The van der Waals surface area contributed by atoms with Gasteiger partial charge in [-0.25, -0.2) is 0 Å². The number of hydrogen-bond acceptors (Lipinski definition) is 4. The molecule has 0 amide bonds. The number of fused-ring (bicyclic) bond motifs is 3. The van der Waals surface area contributed by atoms with E-state index in [4.69, 9.17) is 17.4 Å². The Labute approximate surface area is 127 Å². The maximum Gasteiger partial charge on any atom is 0.0653 e. The number of benzene rings is 1. The van der Waals surface area contributed by atoms with Gasteiger partial charge in [0.15, 0.2) is 0 Å². The molecule has 1 aromatic rings. The van der Waals surface area contributed by atoms with Gasteiger partial charge in [0.2, 0.25) is 0 Å². The van der Waals surface area contributed by atoms with Gasteiger partial charge in [-0.05, 0) is 12.1 Å². The summed E-state index contributed by atoms with van der Waals surface area (Å²) in [7, 11) is 0. The molecule has 2 unspecified atom stereocenters. The maximum atomic E-state index is 6.37. The van der Waals surface area contributed by atoms with E-state index in [2.05, 4.69) is 31.2 Å². The number of rotatable bonds is 3. The van der Waals surface area contributed by atoms with E-state index in [0.29, 0.717) is 6.04 Å². The van der Waals surface area contributed by atoms with Crippen molar-refractivity contribution in [2.24, 2.45) is 5.84 Å². The van der Waals surface area contributed by atoms with Crippen molar-refractivity contribution in [1.82, 2.24) is 15.2 Å². The van der Waals surface area contributed by atoms with Gasteiger partial charge in [0, 0.05) is 53.8 Å². The van der Waals surface area contributed by atoms with Crippen LogP contribution in [0.5, 0.6) is 0 Å². The highest BCUT2D eigenvalue weighted by atomic mass is 79.9. The fourth-order valence-electron chi connectivity index (χ4n) is 3.17. The summed E-state index contributed by atoms with van der Waals surface area (Å²) in [5, 5.41) is 0.759. The Morgan fingerprint density at radius 1 is 1.32 bits per heavy atom. The highest BCUT2D eigenvalue weighted by Crippen LogP contribution is 2.35. The van der Waals surface area contributed by atoms with Crippen molar-refractivity contribution in [1.29, 1.82) is 0 Å². The second-order valence-electron chi connectivity index (χ2n) is 5.18. The van der Waals surface area contributed by atoms with Gasteiger partial charge in [0.1, 0.15) is 0 Å². The molecule has 0 radical (unpaired) electrons. The number of halogens is 2. The van der Waals surface area contributed by atoms with Crippen molar-refractivity contribution in [2.45, 2.75) is 12.1 Å². The van der Waals surface area contributed by atoms with Crippen molar-refractivity contribution in [2.75, 3.05) is 32.7 Å². The lowest BCUT2D eigenvalue weighted by Gasteiger charge is -2.50. The van der Waals surface area contributed by atoms with Crippen molar-refractivity contribution < 1.29 is 0 Å². The first kappa shape index (κ1) is 13.8. The van der Waals surface area contributed by atoms with Crippen molar-refractivity contribution in [3.63, 3.8) is 0 Å². The molecule has 104 valence electrons. The number of nitrogens with one attached hydrogen (secondary N) is 1. The van der Waals surface area contributed by atoms with Crippen LogP contribution in [0, 0.1) is 0 Å². The third-order valence-corrected chi connectivity index (χ3v) is 5.22. The van der Waals surface area contributed by atoms with Gasteiger partial charge in [-0.2, -0.15) is 0 Å². The lowest BCUT2D eigenvalue weighted by atomic mass is 9.94. The molecule has 0 saturated carbocycles. The van der Waals surface area contributed by atoms with E-state index in [-0.39, 0.29) is 6.04 Å². The summed E-state index contributed by atoms with van der Waals surface area (Å²) in [6, 6.07) is 6.31. The molecule has 19 heavy (non-hydrogen) atoms. The number of nitrogens with two attached hydrogens (primary N) is 1. The molecule has 4 nitrogen and oxygen atoms in total. The first-order chi connectivity index (χ1) is 9.20. The van der Waals surface area contributed by atoms with Gasteiger partial charge < -0.3 is 0 Å². The Balaban J connectivity index is 1.92. The van der Waals surface area contributed by atoms with Crippen LogP contribution in [0.4, 0.5) is 0 Å². The minimum absolute atomic E-state index is 0.0474. The summed E-state index contributed by atoms with van der Waals surface area (Å²) >= 11 is 9.96. The Morgan fingerprint density at radius 3 is 2.58 bits per heavy atom. The van der Waals surface area contributed by atoms with Gasteiger partial charge in [-0.1, -0.05) is 33.6 Å². The number of piperazine rings is 3. The Bertz CT molecular complexity index is 442. The summed E-state index contributed by atoms with van der Waals surface area (Å²) in [6.07, 6.45) is 0. The van der Waals surface area contributed by atoms with E-state index in [1.54, 1.807) is 0 Å². The first-order valence-electron chi connectivity index (χ1n) is 6.57. The molecule has 2 bridgehead atoms. The highest BCUT2D eigenvalue weighted by molar-refractivity contribution is 9.10. The van der Waals surface area contributed by atoms with Crippen LogP contribution in [-0.2, 0) is 0 Å². The molecule has 3 fully saturated rings. The second-order valence-corrected chi connectivity index (χ2v) is 6.45. The third kappa shape index (κ3) is 2.55. The van der Waals surface area contributed by atoms with E-state index in [1.165, 1.54) is 0 Å². The van der Waals surface area contributed by atoms with E-state index in [0.717, 1.165) is 47.8 Å². The Hall–Kier alpha value is -0.170. The van der Waals surface area contributed by atoms with Crippen LogP contribution in [0.1, 0.15) is 11.6 Å². The highest BCUT2D eigenvalue weighted by Gasteiger charge is 2.38. The minimum atomic E-state index is 0.0474. The van der Waals surface area contributed by atoms with Crippen molar-refractivity contribution >= 4 is 27.5 Å². The van der Waals surface area contributed by atoms with Crippen molar-refractivity contribution in [3.05, 3.63) is 33.3 Å². The molecule has 3 aliphatic heterocycles. The minimum Gasteiger partial charge on any atom is -0.299 e. The molecule has 3 saturated heterocycles. The SMILES string of the molecule is NNC(c1c(Cl)cccc1Br)C1CN2CCN1CC2. The molecule has 6 heteroatoms. The summed E-state index contributed by atoms with van der Waals surface area (Å²) in [5.41, 5.74) is 4.03. The molecule has 0 aliphatic carbocycles. The number of hydrogen-bond donors (Lipinski definition) is 2. The molecular weight excluding hydrogens is 328 g/mol. The second kappa shape index (κ2) is 5.68. The molecule has 3 N–H and O–H groups in total. The van der Waals surface area contributed by atoms with Gasteiger partial charge in [-0.3, -0.25) is 21.1 Å². The Kier molecular flexibility index (Phi) is 4.12. The third-order valence-electron chi connectivity index (χ3n) is 4.20. The van der Waals surface area contributed by atoms with Crippen LogP contribution in [0.3, 0.4) is 0 Å². The van der Waals surface area contributed by atoms with Crippen LogP contribution in [0.15, 0.2) is 22.7 Å². The predicted molar refractivity (Wildman–Crippen MR) is 81.0 cm³/mol. The van der Waals surface area contributed by atoms with E-state index >= 15 is 0 Å². The maximum absolute atomic E-state index is 6.37. The predicted octanol–water partition coefficient (Wildman–Crippen LogP) is 1.61. The molecule has 4 rings (SSSR count). The van der Waals surface area contributed by atoms with Gasteiger partial charge in [0.25, 0.3) is 0 Å². The van der Waals surface area contributed by atoms with Crippen LogP contribution >= 0.6 is 27.5 Å². The standard InChI is InChI=1S/C13H18BrClN4/c14-9-2-1-3-10(15)12(9)13(17-16)11-8-18-4-6-19(11)7-5-18/h1-3,11,13,17H,4-8,16H2. The van der Waals surface area contributed by atoms with Crippen LogP contribution in [0.25, 0.3) is 0 Å². The fraction of sp³-hybridized carbons (Fsp3) is 0.538. The molecule has 2 atom stereocenters. The van der Waals surface area contributed by atoms with Crippen LogP contribution in [0.2, 0.25) is 5.02 Å². The summed E-state index contributed by atoms with van der Waals surface area (Å²) in [6.45, 7) is 5.61. The topological polar surface area (TPSA) is 44.5 Å². The normalized spacial score (nSPS) is 31.4. The fourth-order valence-corrected chi connectivity index (χ4v) is 4.19. The summed E-state index contributed by atoms with van der Waals surface area (Å²) in [5.74, 6) is 5.83. The zero-order valence-corrected chi connectivity index (χ0v) is 13.0. The first-order valence-corrected chi connectivity index (χ1v) is 7.74. The molecule has 0 aromatic heterocycles. The van der Waals surface area contributed by atoms with Crippen LogP contribution < -0.4 is 11.3 Å². The molecule has 3 aliphatic rings. The van der Waals surface area contributed by atoms with Gasteiger partial charge in [-0.15, -0.1) is 0 Å². The average molecular weight is 346 g/mol. The average Bonchev–Trinajstić information content (AvgIpc) is 2.44. The summed E-state index contributed by atoms with van der Waals surface area (Å²) in [4.78, 5) is 5.01. The van der Waals surface area contributed by atoms with Gasteiger partial charge in [0.05, 0.1) is 6.04 Å². The van der Waals surface area contributed by atoms with Gasteiger partial charge >= 0.3 is 0 Å². The van der Waals surface area contributed by atoms with Crippen LogP contribution in [-0.4, -0.2) is 48.6 Å². The molecule has 1 aromatic carbocycles. The zero-order chi connectivity index (χ0) is 13.4. The molecule has 0 spiro atoms. The van der Waals surface area contributed by atoms with E-state index in [1.807, 2.05) is 18.2 Å². The quantitative estimate of drug-likeness (QED) is 0.645. The lowest BCUT2D eigenvalue weighted by Crippen LogP contribution is -2.64. The zero-order valence-electron chi connectivity index (χ0n) is 10.6. The smallest absolute Gasteiger partial charge is 0.0653 e. The summed E-state index contributed by atoms with van der Waals surface area (Å²) < 4.78 is 1.01. The van der Waals surface area contributed by atoms with E-state index < -0.39 is 0 Å². The largest absolute Gasteiger partial charge is 0.299 e.